The van der Waals surface area contributed by atoms with Crippen LogP contribution in [0.15, 0.2) is 6.07 Å². The highest BCUT2D eigenvalue weighted by molar-refractivity contribution is 7.14. The smallest absolute Gasteiger partial charge is 0.261 e. The molecule has 17 heavy (non-hydrogen) atoms. The van der Waals surface area contributed by atoms with E-state index in [0.717, 1.165) is 37.5 Å². The molecule has 0 radical (unpaired) electrons. The quantitative estimate of drug-likeness (QED) is 0.835. The van der Waals surface area contributed by atoms with Crippen LogP contribution in [0.3, 0.4) is 0 Å². The molecule has 2 aliphatic heterocycles. The molecule has 2 aliphatic rings. The highest BCUT2D eigenvalue weighted by Crippen LogP contribution is 2.26. The molecule has 1 amide bonds. The predicted octanol–water partition coefficient (Wildman–Crippen LogP) is 0.770. The highest BCUT2D eigenvalue weighted by Gasteiger charge is 2.20. The van der Waals surface area contributed by atoms with Gasteiger partial charge in [0.15, 0.2) is 0 Å². The molecular weight excluding hydrogens is 236 g/mol. The van der Waals surface area contributed by atoms with E-state index in [1.54, 1.807) is 11.3 Å². The number of fused-ring (bicyclic) bond motifs is 1. The summed E-state index contributed by atoms with van der Waals surface area (Å²) in [5.74, 6) is 0.674. The first-order chi connectivity index (χ1) is 8.33. The van der Waals surface area contributed by atoms with Crippen molar-refractivity contribution in [2.24, 2.45) is 5.92 Å². The predicted molar refractivity (Wildman–Crippen MR) is 66.4 cm³/mol. The van der Waals surface area contributed by atoms with Gasteiger partial charge in [-0.25, -0.2) is 0 Å². The van der Waals surface area contributed by atoms with Gasteiger partial charge in [-0.2, -0.15) is 0 Å². The maximum atomic E-state index is 11.9. The zero-order valence-electron chi connectivity index (χ0n) is 9.62. The molecule has 2 N–H and O–H groups in total. The number of carbonyl (C=O) groups is 1. The lowest BCUT2D eigenvalue weighted by Gasteiger charge is -2.26. The van der Waals surface area contributed by atoms with E-state index >= 15 is 0 Å². The van der Waals surface area contributed by atoms with Crippen molar-refractivity contribution in [2.45, 2.75) is 13.0 Å². The Morgan fingerprint density at radius 2 is 2.47 bits per heavy atom. The third-order valence-electron chi connectivity index (χ3n) is 3.27. The first kappa shape index (κ1) is 11.2. The van der Waals surface area contributed by atoms with Crippen LogP contribution in [0.1, 0.15) is 20.1 Å². The van der Waals surface area contributed by atoms with Gasteiger partial charge in [-0.05, 0) is 11.6 Å². The van der Waals surface area contributed by atoms with Crippen LogP contribution < -0.4 is 10.6 Å². The van der Waals surface area contributed by atoms with E-state index in [0.29, 0.717) is 12.5 Å². The van der Waals surface area contributed by atoms with Gasteiger partial charge in [0.25, 0.3) is 5.91 Å². The Balaban J connectivity index is 1.62. The largest absolute Gasteiger partial charge is 0.376 e. The van der Waals surface area contributed by atoms with Crippen LogP contribution in [0.4, 0.5) is 0 Å². The van der Waals surface area contributed by atoms with E-state index in [9.17, 15) is 4.79 Å². The van der Waals surface area contributed by atoms with Crippen molar-refractivity contribution in [1.82, 2.24) is 10.6 Å². The molecule has 1 fully saturated rings. The number of amides is 1. The van der Waals surface area contributed by atoms with Crippen molar-refractivity contribution in [2.75, 3.05) is 26.2 Å². The van der Waals surface area contributed by atoms with Gasteiger partial charge in [0.1, 0.15) is 0 Å². The van der Waals surface area contributed by atoms with Gasteiger partial charge in [-0.1, -0.05) is 0 Å². The molecule has 5 heteroatoms. The summed E-state index contributed by atoms with van der Waals surface area (Å²) in [6.07, 6.45) is 0.944. The number of rotatable bonds is 3. The Bertz CT molecular complexity index is 403. The second kappa shape index (κ2) is 4.76. The SMILES string of the molecule is O=C(NCC1CNC1)c1cc2c(s1)CCOC2. The van der Waals surface area contributed by atoms with Crippen molar-refractivity contribution in [3.63, 3.8) is 0 Å². The standard InChI is InChI=1S/C12H16N2O2S/c15-12(14-6-8-4-13-5-8)11-3-9-7-16-2-1-10(9)17-11/h3,8,13H,1-2,4-7H2,(H,14,15). The van der Waals surface area contributed by atoms with E-state index in [2.05, 4.69) is 10.6 Å². The normalized spacial score (nSPS) is 19.5. The summed E-state index contributed by atoms with van der Waals surface area (Å²) in [5, 5.41) is 6.20. The summed E-state index contributed by atoms with van der Waals surface area (Å²) in [6, 6.07) is 1.98. The Hall–Kier alpha value is -0.910. The summed E-state index contributed by atoms with van der Waals surface area (Å²) in [4.78, 5) is 14.1. The van der Waals surface area contributed by atoms with Crippen LogP contribution in [0.5, 0.6) is 0 Å². The second-order valence-electron chi connectivity index (χ2n) is 4.60. The van der Waals surface area contributed by atoms with E-state index in [-0.39, 0.29) is 5.91 Å². The molecular formula is C12H16N2O2S. The molecule has 0 bridgehead atoms. The van der Waals surface area contributed by atoms with Crippen LogP contribution in [-0.2, 0) is 17.8 Å². The van der Waals surface area contributed by atoms with E-state index in [4.69, 9.17) is 4.74 Å². The fourth-order valence-electron chi connectivity index (χ4n) is 2.08. The van der Waals surface area contributed by atoms with Crippen LogP contribution in [0, 0.1) is 5.92 Å². The summed E-state index contributed by atoms with van der Waals surface area (Å²) < 4.78 is 5.38. The Morgan fingerprint density at radius 3 is 3.18 bits per heavy atom. The van der Waals surface area contributed by atoms with Gasteiger partial charge >= 0.3 is 0 Å². The Labute approximate surface area is 104 Å². The van der Waals surface area contributed by atoms with Gasteiger partial charge in [0.2, 0.25) is 0 Å². The Morgan fingerprint density at radius 1 is 1.59 bits per heavy atom. The molecule has 1 aromatic heterocycles. The first-order valence-corrected chi connectivity index (χ1v) is 6.83. The summed E-state index contributed by atoms with van der Waals surface area (Å²) in [5.41, 5.74) is 1.19. The van der Waals surface area contributed by atoms with E-state index < -0.39 is 0 Å². The van der Waals surface area contributed by atoms with Crippen molar-refractivity contribution >= 4 is 17.2 Å². The second-order valence-corrected chi connectivity index (χ2v) is 5.73. The molecule has 0 spiro atoms. The van der Waals surface area contributed by atoms with Crippen LogP contribution >= 0.6 is 11.3 Å². The van der Waals surface area contributed by atoms with E-state index in [1.165, 1.54) is 10.4 Å². The average molecular weight is 252 g/mol. The summed E-state index contributed by atoms with van der Waals surface area (Å²) in [7, 11) is 0. The third-order valence-corrected chi connectivity index (χ3v) is 4.50. The maximum absolute atomic E-state index is 11.9. The summed E-state index contributed by atoms with van der Waals surface area (Å²) in [6.45, 7) is 4.27. The van der Waals surface area contributed by atoms with Gasteiger partial charge in [-0.3, -0.25) is 4.79 Å². The van der Waals surface area contributed by atoms with Gasteiger partial charge in [-0.15, -0.1) is 11.3 Å². The number of thiophene rings is 1. The fourth-order valence-corrected chi connectivity index (χ4v) is 3.14. The monoisotopic (exact) mass is 252 g/mol. The molecule has 0 atom stereocenters. The zero-order chi connectivity index (χ0) is 11.7. The van der Waals surface area contributed by atoms with E-state index in [1.807, 2.05) is 6.07 Å². The molecule has 0 unspecified atom stereocenters. The number of ether oxygens (including phenoxy) is 1. The third kappa shape index (κ3) is 2.36. The minimum absolute atomic E-state index is 0.0660. The molecule has 3 heterocycles. The van der Waals surface area contributed by atoms with Gasteiger partial charge < -0.3 is 15.4 Å². The van der Waals surface area contributed by atoms with Crippen molar-refractivity contribution in [3.8, 4) is 0 Å². The number of carbonyl (C=O) groups excluding carboxylic acids is 1. The molecule has 0 aromatic carbocycles. The van der Waals surface area contributed by atoms with Crippen LogP contribution in [0.2, 0.25) is 0 Å². The average Bonchev–Trinajstić information content (AvgIpc) is 2.70. The van der Waals surface area contributed by atoms with Crippen molar-refractivity contribution in [1.29, 1.82) is 0 Å². The van der Waals surface area contributed by atoms with Crippen molar-refractivity contribution in [3.05, 3.63) is 21.4 Å². The molecule has 3 rings (SSSR count). The molecule has 0 aliphatic carbocycles. The topological polar surface area (TPSA) is 50.4 Å². The lowest BCUT2D eigenvalue weighted by molar-refractivity contribution is 0.0946. The lowest BCUT2D eigenvalue weighted by Crippen LogP contribution is -2.48. The van der Waals surface area contributed by atoms with Gasteiger partial charge in [0.05, 0.1) is 18.1 Å². The minimum Gasteiger partial charge on any atom is -0.376 e. The first-order valence-electron chi connectivity index (χ1n) is 6.01. The highest BCUT2D eigenvalue weighted by atomic mass is 32.1. The van der Waals surface area contributed by atoms with Crippen LogP contribution in [0.25, 0.3) is 0 Å². The van der Waals surface area contributed by atoms with Crippen LogP contribution in [-0.4, -0.2) is 32.1 Å². The summed E-state index contributed by atoms with van der Waals surface area (Å²) >= 11 is 1.61. The number of hydrogen-bond acceptors (Lipinski definition) is 4. The molecule has 1 saturated heterocycles. The minimum atomic E-state index is 0.0660. The molecule has 4 nitrogen and oxygen atoms in total. The zero-order valence-corrected chi connectivity index (χ0v) is 10.4. The lowest BCUT2D eigenvalue weighted by atomic mass is 10.0. The Kier molecular flexibility index (Phi) is 3.13. The molecule has 92 valence electrons. The maximum Gasteiger partial charge on any atom is 0.261 e. The fraction of sp³-hybridized carbons (Fsp3) is 0.583. The molecule has 0 saturated carbocycles. The molecule has 1 aromatic rings. The number of hydrogen-bond donors (Lipinski definition) is 2. The van der Waals surface area contributed by atoms with Gasteiger partial charge in [0, 0.05) is 36.9 Å². The number of nitrogens with one attached hydrogen (secondary N) is 2. The van der Waals surface area contributed by atoms with Crippen molar-refractivity contribution < 1.29 is 9.53 Å².